The normalized spacial score (nSPS) is 18.1. The molecule has 0 aliphatic carbocycles. The second-order valence-corrected chi connectivity index (χ2v) is 8.37. The van der Waals surface area contributed by atoms with Crippen LogP contribution in [-0.4, -0.2) is 41.8 Å². The van der Waals surface area contributed by atoms with Gasteiger partial charge in [0.25, 0.3) is 0 Å². The van der Waals surface area contributed by atoms with Crippen molar-refractivity contribution in [1.82, 2.24) is 10.2 Å². The molecule has 4 nitrogen and oxygen atoms in total. The van der Waals surface area contributed by atoms with E-state index in [-0.39, 0.29) is 17.2 Å². The van der Waals surface area contributed by atoms with E-state index in [1.807, 2.05) is 0 Å². The van der Waals surface area contributed by atoms with Gasteiger partial charge < -0.3 is 10.1 Å². The van der Waals surface area contributed by atoms with E-state index in [4.69, 9.17) is 4.74 Å². The third-order valence-corrected chi connectivity index (χ3v) is 6.04. The molecule has 1 amide bonds. The number of carbonyl (C=O) groups is 1. The molecule has 147 valence electrons. The molecule has 0 spiro atoms. The van der Waals surface area contributed by atoms with Crippen LogP contribution in [0.1, 0.15) is 91.9 Å². The van der Waals surface area contributed by atoms with Crippen molar-refractivity contribution in [2.24, 2.45) is 0 Å². The molecule has 0 atom stereocenters. The number of nitrogens with one attached hydrogen (secondary N) is 1. The number of ether oxygens (including phenoxy) is 1. The van der Waals surface area contributed by atoms with Gasteiger partial charge in [0.15, 0.2) is 0 Å². The predicted octanol–water partition coefficient (Wildman–Crippen LogP) is 5.32. The van der Waals surface area contributed by atoms with Gasteiger partial charge in [-0.15, -0.1) is 0 Å². The molecule has 1 fully saturated rings. The summed E-state index contributed by atoms with van der Waals surface area (Å²) in [5.41, 5.74) is 0.417. The lowest BCUT2D eigenvalue weighted by molar-refractivity contribution is 0.137. The predicted molar refractivity (Wildman–Crippen MR) is 106 cm³/mol. The van der Waals surface area contributed by atoms with E-state index in [0.29, 0.717) is 6.61 Å². The highest BCUT2D eigenvalue weighted by Crippen LogP contribution is 2.50. The van der Waals surface area contributed by atoms with Crippen LogP contribution in [0.25, 0.3) is 0 Å². The monoisotopic (exact) mass is 353 g/mol. The van der Waals surface area contributed by atoms with Crippen molar-refractivity contribution in [2.75, 3.05) is 19.7 Å². The number of nitrogens with zero attached hydrogens (tertiary/aromatic N) is 1. The van der Waals surface area contributed by atoms with E-state index in [1.54, 1.807) is 0 Å². The maximum Gasteiger partial charge on any atom is 0.407 e. The van der Waals surface area contributed by atoms with Gasteiger partial charge in [0.2, 0.25) is 0 Å². The first-order chi connectivity index (χ1) is 11.8. The van der Waals surface area contributed by atoms with E-state index >= 15 is 0 Å². The lowest BCUT2D eigenvalue weighted by Gasteiger charge is -2.09. The van der Waals surface area contributed by atoms with Gasteiger partial charge in [-0.05, 0) is 34.1 Å². The van der Waals surface area contributed by atoms with Crippen LogP contribution in [0.2, 0.25) is 0 Å². The van der Waals surface area contributed by atoms with Crippen LogP contribution in [0.5, 0.6) is 0 Å². The van der Waals surface area contributed by atoms with Crippen molar-refractivity contribution >= 4 is 6.09 Å². The zero-order chi connectivity index (χ0) is 18.8. The first-order valence-electron chi connectivity index (χ1n) is 10.3. The van der Waals surface area contributed by atoms with Crippen molar-refractivity contribution in [1.29, 1.82) is 0 Å². The third-order valence-electron chi connectivity index (χ3n) is 6.04. The standard InChI is InChI=1S/C21H41N2O2/c1-6-7-8-9-10-11-12-13-14-15-16-22-19(24)25-18-17-23-20(2,3)21(23,4)5/h1,6-18H2,2-5H3,(H,22,24). The van der Waals surface area contributed by atoms with Gasteiger partial charge in [-0.1, -0.05) is 64.7 Å². The first kappa shape index (κ1) is 22.3. The lowest BCUT2D eigenvalue weighted by Crippen LogP contribution is -2.28. The number of rotatable bonds is 14. The average Bonchev–Trinajstić information content (AvgIpc) is 2.94. The fourth-order valence-electron chi connectivity index (χ4n) is 3.59. The number of unbranched alkanes of at least 4 members (excludes halogenated alkanes) is 9. The van der Waals surface area contributed by atoms with E-state index in [2.05, 4.69) is 44.8 Å². The number of hydrogen-bond donors (Lipinski definition) is 1. The second kappa shape index (κ2) is 11.1. The largest absolute Gasteiger partial charge is 0.448 e. The molecular formula is C21H41N2O2. The quantitative estimate of drug-likeness (QED) is 0.339. The second-order valence-electron chi connectivity index (χ2n) is 8.37. The summed E-state index contributed by atoms with van der Waals surface area (Å²) in [6.45, 7) is 14.8. The van der Waals surface area contributed by atoms with Gasteiger partial charge in [0.1, 0.15) is 6.61 Å². The van der Waals surface area contributed by atoms with Gasteiger partial charge in [-0.3, -0.25) is 4.90 Å². The Labute approximate surface area is 156 Å². The summed E-state index contributed by atoms with van der Waals surface area (Å²) in [6, 6.07) is 0. The van der Waals surface area contributed by atoms with E-state index in [0.717, 1.165) is 25.9 Å². The number of alkyl carbamates (subject to hydrolysis) is 1. The minimum absolute atomic E-state index is 0.208. The van der Waals surface area contributed by atoms with Crippen LogP contribution in [0.4, 0.5) is 4.79 Å². The maximum absolute atomic E-state index is 11.7. The molecule has 1 aliphatic rings. The Hall–Kier alpha value is -0.770. The molecule has 1 aliphatic heterocycles. The van der Waals surface area contributed by atoms with Gasteiger partial charge in [-0.25, -0.2) is 4.79 Å². The van der Waals surface area contributed by atoms with Crippen molar-refractivity contribution in [3.8, 4) is 0 Å². The summed E-state index contributed by atoms with van der Waals surface area (Å²) in [5, 5.41) is 2.86. The molecule has 1 rings (SSSR count). The zero-order valence-corrected chi connectivity index (χ0v) is 17.2. The molecule has 0 aromatic heterocycles. The fraction of sp³-hybridized carbons (Fsp3) is 0.905. The van der Waals surface area contributed by atoms with E-state index in [9.17, 15) is 4.79 Å². The number of carbonyl (C=O) groups excluding carboxylic acids is 1. The SMILES string of the molecule is [CH2]CCCCCCCCCCCNC(=O)OCCN1C(C)(C)C1(C)C. The molecule has 0 unspecified atom stereocenters. The molecule has 1 heterocycles. The Kier molecular flexibility index (Phi) is 9.84. The van der Waals surface area contributed by atoms with Crippen molar-refractivity contribution in [3.05, 3.63) is 6.92 Å². The highest BCUT2D eigenvalue weighted by molar-refractivity contribution is 5.67. The molecule has 1 N–H and O–H groups in total. The van der Waals surface area contributed by atoms with Crippen LogP contribution in [0.15, 0.2) is 0 Å². The van der Waals surface area contributed by atoms with Gasteiger partial charge in [0, 0.05) is 24.2 Å². The highest BCUT2D eigenvalue weighted by Gasteiger charge is 2.62. The molecule has 25 heavy (non-hydrogen) atoms. The summed E-state index contributed by atoms with van der Waals surface area (Å²) in [4.78, 5) is 14.0. The first-order valence-corrected chi connectivity index (χ1v) is 10.3. The van der Waals surface area contributed by atoms with Crippen molar-refractivity contribution in [2.45, 2.75) is 103 Å². The Balaban J connectivity index is 1.85. The molecular weight excluding hydrogens is 312 g/mol. The smallest absolute Gasteiger partial charge is 0.407 e. The van der Waals surface area contributed by atoms with Crippen molar-refractivity contribution in [3.63, 3.8) is 0 Å². The fourth-order valence-corrected chi connectivity index (χ4v) is 3.59. The highest BCUT2D eigenvalue weighted by atomic mass is 16.5. The maximum atomic E-state index is 11.7. The van der Waals surface area contributed by atoms with Gasteiger partial charge in [0.05, 0.1) is 0 Å². The van der Waals surface area contributed by atoms with Crippen LogP contribution >= 0.6 is 0 Å². The topological polar surface area (TPSA) is 41.3 Å². The Morgan fingerprint density at radius 2 is 1.36 bits per heavy atom. The Morgan fingerprint density at radius 1 is 0.880 bits per heavy atom. The Morgan fingerprint density at radius 3 is 1.84 bits per heavy atom. The molecule has 0 saturated carbocycles. The van der Waals surface area contributed by atoms with E-state index < -0.39 is 0 Å². The number of hydrogen-bond acceptors (Lipinski definition) is 3. The molecule has 0 aromatic carbocycles. The summed E-state index contributed by atoms with van der Waals surface area (Å²) in [7, 11) is 0. The molecule has 0 bridgehead atoms. The summed E-state index contributed by atoms with van der Waals surface area (Å²) in [5.74, 6) is 0. The third kappa shape index (κ3) is 7.55. The number of amides is 1. The minimum Gasteiger partial charge on any atom is -0.448 e. The zero-order valence-electron chi connectivity index (χ0n) is 17.2. The van der Waals surface area contributed by atoms with E-state index in [1.165, 1.54) is 51.4 Å². The molecule has 4 heteroatoms. The average molecular weight is 354 g/mol. The summed E-state index contributed by atoms with van der Waals surface area (Å²) < 4.78 is 5.28. The van der Waals surface area contributed by atoms with Crippen LogP contribution < -0.4 is 5.32 Å². The Bertz CT molecular complexity index is 366. The van der Waals surface area contributed by atoms with Crippen LogP contribution in [0.3, 0.4) is 0 Å². The molecule has 1 radical (unpaired) electrons. The molecule has 1 saturated heterocycles. The van der Waals surface area contributed by atoms with Gasteiger partial charge >= 0.3 is 6.09 Å². The lowest BCUT2D eigenvalue weighted by atomic mass is 10.0. The van der Waals surface area contributed by atoms with Crippen molar-refractivity contribution < 1.29 is 9.53 Å². The van der Waals surface area contributed by atoms with Gasteiger partial charge in [-0.2, -0.15) is 0 Å². The molecule has 0 aromatic rings. The van der Waals surface area contributed by atoms with Crippen LogP contribution in [0, 0.1) is 6.92 Å². The van der Waals surface area contributed by atoms with Crippen LogP contribution in [-0.2, 0) is 4.74 Å². The summed E-state index contributed by atoms with van der Waals surface area (Å²) >= 11 is 0. The summed E-state index contributed by atoms with van der Waals surface area (Å²) in [6.07, 6.45) is 12.3. The minimum atomic E-state index is -0.275.